The molecule has 1 aromatic carbocycles. The van der Waals surface area contributed by atoms with E-state index >= 15 is 0 Å². The van der Waals surface area contributed by atoms with E-state index in [1.165, 1.54) is 13.2 Å². The van der Waals surface area contributed by atoms with Crippen LogP contribution in [0.5, 0.6) is 11.5 Å². The molecule has 0 atom stereocenters. The molecular formula is C14H14N4O2S. The molecule has 0 aliphatic carbocycles. The van der Waals surface area contributed by atoms with E-state index in [1.54, 1.807) is 12.1 Å². The van der Waals surface area contributed by atoms with Crippen LogP contribution in [0.3, 0.4) is 0 Å². The van der Waals surface area contributed by atoms with Crippen molar-refractivity contribution in [3.63, 3.8) is 0 Å². The van der Waals surface area contributed by atoms with Gasteiger partial charge in [-0.25, -0.2) is 0 Å². The predicted molar refractivity (Wildman–Crippen MR) is 82.3 cm³/mol. The number of aromatic hydroxyl groups is 1. The molecule has 2 aromatic rings. The van der Waals surface area contributed by atoms with Crippen LogP contribution >= 0.6 is 12.2 Å². The fraction of sp³-hybridized carbons (Fsp3) is 0.143. The number of benzene rings is 1. The largest absolute Gasteiger partial charge is 0.504 e. The molecule has 0 fully saturated rings. The Morgan fingerprint density at radius 3 is 2.71 bits per heavy atom. The summed E-state index contributed by atoms with van der Waals surface area (Å²) in [5.74, 6) is 0.603. The van der Waals surface area contributed by atoms with E-state index in [4.69, 9.17) is 28.4 Å². The second-order valence-electron chi connectivity index (χ2n) is 4.30. The molecule has 1 aromatic heterocycles. The maximum Gasteiger partial charge on any atom is 0.160 e. The van der Waals surface area contributed by atoms with Crippen LogP contribution in [-0.4, -0.2) is 17.2 Å². The Kier molecular flexibility index (Phi) is 4.12. The number of nitrogens with two attached hydrogens (primary N) is 2. The molecule has 21 heavy (non-hydrogen) atoms. The van der Waals surface area contributed by atoms with Gasteiger partial charge in [0.1, 0.15) is 16.5 Å². The zero-order valence-corrected chi connectivity index (χ0v) is 12.1. The number of phenolic OH excluding ortho intramolecular Hbond substituents is 1. The molecule has 2 rings (SSSR count). The van der Waals surface area contributed by atoms with Gasteiger partial charge in [-0.3, -0.25) is 0 Å². The number of ether oxygens (including phenoxy) is 1. The second kappa shape index (κ2) is 5.83. The van der Waals surface area contributed by atoms with Crippen molar-refractivity contribution in [2.45, 2.75) is 6.54 Å². The van der Waals surface area contributed by atoms with Crippen molar-refractivity contribution in [2.75, 3.05) is 12.8 Å². The molecule has 0 spiro atoms. The van der Waals surface area contributed by atoms with E-state index in [-0.39, 0.29) is 22.5 Å². The Bertz CT molecular complexity index is 793. The van der Waals surface area contributed by atoms with Crippen molar-refractivity contribution in [1.29, 1.82) is 5.26 Å². The minimum absolute atomic E-state index is 0.0424. The number of aromatic nitrogens is 1. The van der Waals surface area contributed by atoms with Crippen molar-refractivity contribution in [2.24, 2.45) is 5.73 Å². The quantitative estimate of drug-likeness (QED) is 0.644. The van der Waals surface area contributed by atoms with E-state index in [0.29, 0.717) is 28.3 Å². The highest BCUT2D eigenvalue weighted by Crippen LogP contribution is 2.36. The first-order valence-electron chi connectivity index (χ1n) is 6.05. The Morgan fingerprint density at radius 2 is 2.19 bits per heavy atom. The van der Waals surface area contributed by atoms with E-state index in [0.717, 1.165) is 0 Å². The van der Waals surface area contributed by atoms with Gasteiger partial charge in [0.2, 0.25) is 0 Å². The maximum absolute atomic E-state index is 9.91. The Balaban J connectivity index is 2.82. The highest BCUT2D eigenvalue weighted by atomic mass is 32.1. The average Bonchev–Trinajstić information content (AvgIpc) is 2.46. The van der Waals surface area contributed by atoms with Crippen LogP contribution in [-0.2, 0) is 6.54 Å². The molecule has 6 N–H and O–H groups in total. The summed E-state index contributed by atoms with van der Waals surface area (Å²) in [7, 11) is 1.46. The third-order valence-electron chi connectivity index (χ3n) is 3.14. The second-order valence-corrected chi connectivity index (χ2v) is 4.71. The third kappa shape index (κ3) is 2.54. The number of aromatic amines is 1. The summed E-state index contributed by atoms with van der Waals surface area (Å²) in [5, 5.41) is 19.3. The number of anilines is 1. The molecule has 0 unspecified atom stereocenters. The minimum Gasteiger partial charge on any atom is -0.504 e. The number of rotatable bonds is 3. The first-order chi connectivity index (χ1) is 10.0. The number of hydrogen-bond donors (Lipinski definition) is 4. The highest BCUT2D eigenvalue weighted by Gasteiger charge is 2.16. The zero-order chi connectivity index (χ0) is 15.6. The van der Waals surface area contributed by atoms with Crippen molar-refractivity contribution in [1.82, 2.24) is 4.98 Å². The Hall–Kier alpha value is -2.56. The van der Waals surface area contributed by atoms with E-state index < -0.39 is 0 Å². The number of nitrogens with one attached hydrogen (secondary N) is 1. The molecular weight excluding hydrogens is 288 g/mol. The van der Waals surface area contributed by atoms with E-state index in [2.05, 4.69) is 11.1 Å². The number of pyridine rings is 1. The highest BCUT2D eigenvalue weighted by molar-refractivity contribution is 7.71. The van der Waals surface area contributed by atoms with Gasteiger partial charge in [-0.1, -0.05) is 18.3 Å². The van der Waals surface area contributed by atoms with Gasteiger partial charge in [-0.2, -0.15) is 5.26 Å². The van der Waals surface area contributed by atoms with Crippen molar-refractivity contribution in [3.05, 3.63) is 34.0 Å². The van der Waals surface area contributed by atoms with Gasteiger partial charge in [-0.05, 0) is 17.7 Å². The summed E-state index contributed by atoms with van der Waals surface area (Å²) in [5.41, 5.74) is 13.6. The van der Waals surface area contributed by atoms with Crippen molar-refractivity contribution in [3.8, 4) is 28.7 Å². The fourth-order valence-corrected chi connectivity index (χ4v) is 2.40. The third-order valence-corrected chi connectivity index (χ3v) is 3.44. The topological polar surface area (TPSA) is 121 Å². The fourth-order valence-electron chi connectivity index (χ4n) is 2.14. The van der Waals surface area contributed by atoms with Gasteiger partial charge >= 0.3 is 0 Å². The molecule has 0 amide bonds. The van der Waals surface area contributed by atoms with E-state index in [1.807, 2.05) is 0 Å². The number of hydrogen-bond acceptors (Lipinski definition) is 6. The number of nitrogen functional groups attached to an aromatic ring is 1. The summed E-state index contributed by atoms with van der Waals surface area (Å²) in [6.07, 6.45) is 0. The van der Waals surface area contributed by atoms with Crippen LogP contribution in [0.4, 0.5) is 5.82 Å². The SMILES string of the molecule is COc1ccc(-c2c(CN)c(N)[nH]c(=S)c2C#N)cc1O. The minimum atomic E-state index is -0.0424. The van der Waals surface area contributed by atoms with Crippen LogP contribution in [0.2, 0.25) is 0 Å². The first kappa shape index (κ1) is 14.8. The van der Waals surface area contributed by atoms with Gasteiger partial charge in [0.25, 0.3) is 0 Å². The van der Waals surface area contributed by atoms with Crippen LogP contribution < -0.4 is 16.2 Å². The molecule has 0 saturated carbocycles. The molecule has 108 valence electrons. The van der Waals surface area contributed by atoms with Crippen LogP contribution in [0.25, 0.3) is 11.1 Å². The van der Waals surface area contributed by atoms with Crippen molar-refractivity contribution >= 4 is 18.0 Å². The number of nitriles is 1. The monoisotopic (exact) mass is 302 g/mol. The van der Waals surface area contributed by atoms with Crippen LogP contribution in [0, 0.1) is 16.0 Å². The van der Waals surface area contributed by atoms with Crippen molar-refractivity contribution < 1.29 is 9.84 Å². The summed E-state index contributed by atoms with van der Waals surface area (Å²) < 4.78 is 5.24. The number of methoxy groups -OCH3 is 1. The lowest BCUT2D eigenvalue weighted by Gasteiger charge is -2.14. The van der Waals surface area contributed by atoms with Gasteiger partial charge in [-0.15, -0.1) is 0 Å². The van der Waals surface area contributed by atoms with Gasteiger partial charge < -0.3 is 26.3 Å². The summed E-state index contributed by atoms with van der Waals surface area (Å²) >= 11 is 5.13. The molecule has 0 aliphatic rings. The Morgan fingerprint density at radius 1 is 1.48 bits per heavy atom. The van der Waals surface area contributed by atoms with Gasteiger partial charge in [0, 0.05) is 17.7 Å². The van der Waals surface area contributed by atoms with Gasteiger partial charge in [0.15, 0.2) is 11.5 Å². The molecule has 6 nitrogen and oxygen atoms in total. The first-order valence-corrected chi connectivity index (χ1v) is 6.46. The number of H-pyrrole nitrogens is 1. The lowest BCUT2D eigenvalue weighted by Crippen LogP contribution is -2.08. The summed E-state index contributed by atoms with van der Waals surface area (Å²) in [6, 6.07) is 6.85. The molecule has 0 bridgehead atoms. The number of phenols is 1. The van der Waals surface area contributed by atoms with Crippen LogP contribution in [0.1, 0.15) is 11.1 Å². The van der Waals surface area contributed by atoms with Gasteiger partial charge in [0.05, 0.1) is 12.7 Å². The normalized spacial score (nSPS) is 10.1. The number of nitrogens with zero attached hydrogens (tertiary/aromatic N) is 1. The Labute approximate surface area is 126 Å². The average molecular weight is 302 g/mol. The maximum atomic E-state index is 9.91. The lowest BCUT2D eigenvalue weighted by molar-refractivity contribution is 0.373. The summed E-state index contributed by atoms with van der Waals surface area (Å²) in [6.45, 7) is 0.134. The molecule has 0 aliphatic heterocycles. The van der Waals surface area contributed by atoms with E-state index in [9.17, 15) is 10.4 Å². The molecule has 1 heterocycles. The predicted octanol–water partition coefficient (Wildman–Crippen LogP) is 2.04. The summed E-state index contributed by atoms with van der Waals surface area (Å²) in [4.78, 5) is 2.76. The smallest absolute Gasteiger partial charge is 0.160 e. The zero-order valence-electron chi connectivity index (χ0n) is 11.3. The lowest BCUT2D eigenvalue weighted by atomic mass is 9.96. The molecule has 0 radical (unpaired) electrons. The van der Waals surface area contributed by atoms with Crippen LogP contribution in [0.15, 0.2) is 18.2 Å². The standard InChI is InChI=1S/C14H14N4O2S/c1-20-11-3-2-7(4-10(11)19)12-8(5-15)13(17)18-14(21)9(12)6-16/h2-4,19H,5,15H2,1H3,(H3,17,18,21). The molecule has 0 saturated heterocycles. The molecule has 7 heteroatoms.